The van der Waals surface area contributed by atoms with Crippen molar-refractivity contribution < 1.29 is 0 Å². The lowest BCUT2D eigenvalue weighted by atomic mass is 11.0. The fourth-order valence-corrected chi connectivity index (χ4v) is 0. The minimum atomic E-state index is 0. The highest BCUT2D eigenvalue weighted by molar-refractivity contribution is 9.29. The summed E-state index contributed by atoms with van der Waals surface area (Å²) in [6.45, 7) is 0. The second-order valence-corrected chi connectivity index (χ2v) is 7.07. The number of alkyl halides is 4. The van der Waals surface area contributed by atoms with Gasteiger partial charge in [-0.2, -0.15) is 0 Å². The van der Waals surface area contributed by atoms with Gasteiger partial charge in [-0.05, 0) is 0 Å². The molecule has 0 nitrogen and oxygen atoms in total. The van der Waals surface area contributed by atoms with Gasteiger partial charge in [0, 0.05) is 0 Å². The van der Waals surface area contributed by atoms with E-state index in [-0.39, 0.29) is 67.9 Å². The first kappa shape index (κ1) is 36.1. The summed E-state index contributed by atoms with van der Waals surface area (Å²) in [7, 11) is 0. The van der Waals surface area contributed by atoms with Crippen LogP contribution in [0.15, 0.2) is 0 Å². The quantitative estimate of drug-likeness (QED) is 0.241. The Morgan fingerprint density at radius 1 is 0.583 bits per heavy atom. The number of halogens is 8. The predicted molar refractivity (Wildman–Crippen MR) is 94.5 cm³/mol. The Morgan fingerprint density at radius 3 is 0.667 bits per heavy atom. The summed E-state index contributed by atoms with van der Waals surface area (Å²) in [5.74, 6) is 0. The van der Waals surface area contributed by atoms with Crippen LogP contribution in [0.4, 0.5) is 0 Å². The lowest BCUT2D eigenvalue weighted by molar-refractivity contribution is 1.46. The van der Waals surface area contributed by atoms with Crippen LogP contribution >= 0.6 is 132 Å². The summed E-state index contributed by atoms with van der Waals surface area (Å²) in [6.07, 6.45) is 8.00. The third-order valence-corrected chi connectivity index (χ3v) is 5.14. The van der Waals surface area contributed by atoms with Gasteiger partial charge < -0.3 is 0 Å². The van der Waals surface area contributed by atoms with Crippen LogP contribution in [0.2, 0.25) is 0 Å². The molecular weight excluding hydrogens is 687 g/mol. The third-order valence-electron chi connectivity index (χ3n) is 0.190. The molecule has 0 aromatic rings. The molecule has 0 aliphatic heterocycles. The summed E-state index contributed by atoms with van der Waals surface area (Å²) in [5, 5.41) is 0. The van der Waals surface area contributed by atoms with Crippen molar-refractivity contribution in [3.8, 4) is 12.8 Å². The molecule has 0 aromatic heterocycles. The molecule has 0 saturated carbocycles. The first-order chi connectivity index (χ1) is 3.64. The zero-order valence-electron chi connectivity index (χ0n) is 5.45. The lowest BCUT2D eigenvalue weighted by Crippen LogP contribution is -1.93. The zero-order chi connectivity index (χ0) is 7.15. The average Bonchev–Trinajstić information content (AvgIpc) is 1.72. The van der Waals surface area contributed by atoms with Gasteiger partial charge in [0.15, 0.2) is 0 Å². The molecule has 0 radical (unpaired) electrons. The van der Waals surface area contributed by atoms with E-state index in [1.54, 1.807) is 0 Å². The highest BCUT2D eigenvalue weighted by Crippen LogP contribution is 2.24. The Kier molecular flexibility index (Phi) is 88.1. The van der Waals surface area contributed by atoms with Crippen LogP contribution in [0.5, 0.6) is 0 Å². The van der Waals surface area contributed by atoms with Crippen LogP contribution in [0.25, 0.3) is 0 Å². The molecule has 0 fully saturated rings. The molecule has 0 saturated heterocycles. The molecule has 0 N–H and O–H groups in total. The van der Waals surface area contributed by atoms with Crippen LogP contribution in [-0.2, 0) is 0 Å². The predicted octanol–water partition coefficient (Wildman–Crippen LogP) is 5.78. The molecule has 0 amide bonds. The maximum absolute atomic E-state index is 4.00. The van der Waals surface area contributed by atoms with E-state index in [1.807, 2.05) is 0 Å². The molecule has 0 spiro atoms. The average molecular weight is 695 g/mol. The van der Waals surface area contributed by atoms with Crippen molar-refractivity contribution in [1.82, 2.24) is 0 Å². The van der Waals surface area contributed by atoms with Crippen LogP contribution in [0.3, 0.4) is 0 Å². The van der Waals surface area contributed by atoms with E-state index in [4.69, 9.17) is 0 Å². The zero-order valence-corrected chi connectivity index (χ0v) is 18.7. The molecule has 0 aromatic carbocycles. The van der Waals surface area contributed by atoms with Gasteiger partial charge in [-0.25, -0.2) is 0 Å². The summed E-state index contributed by atoms with van der Waals surface area (Å²) in [6, 6.07) is 0. The molecule has 0 unspecified atom stereocenters. The monoisotopic (exact) mass is 687 g/mol. The number of hydrogen-bond donors (Lipinski definition) is 0. The summed E-state index contributed by atoms with van der Waals surface area (Å²) in [4.78, 5) is 0. The van der Waals surface area contributed by atoms with Gasteiger partial charge in [-0.15, -0.1) is 80.8 Å². The van der Waals surface area contributed by atoms with Gasteiger partial charge in [-0.1, -0.05) is 63.7 Å². The normalized spacial score (nSPS) is 5.67. The summed E-state index contributed by atoms with van der Waals surface area (Å²) in [5.41, 5.74) is 0. The molecular formula is C4H8Br8. The van der Waals surface area contributed by atoms with Crippen molar-refractivity contribution in [1.29, 1.82) is 0 Å². The first-order valence-electron chi connectivity index (χ1n) is 1.54. The Balaban J connectivity index is -0.0000000140. The van der Waals surface area contributed by atoms with E-state index in [0.717, 1.165) is 0 Å². The largest absolute Gasteiger partial charge is 0.124 e. The molecule has 0 aliphatic rings. The first-order valence-corrected chi connectivity index (χ1v) is 5.20. The Bertz CT molecular complexity index is 53.3. The minimum Gasteiger partial charge on any atom is -0.124 e. The highest BCUT2D eigenvalue weighted by atomic mass is 79.9. The Morgan fingerprint density at radius 2 is 0.667 bits per heavy atom. The molecule has 12 heavy (non-hydrogen) atoms. The molecule has 0 bridgehead atoms. The van der Waals surface area contributed by atoms with Gasteiger partial charge in [0.05, 0.1) is 7.47 Å². The second kappa shape index (κ2) is 29.3. The van der Waals surface area contributed by atoms with E-state index in [2.05, 4.69) is 76.6 Å². The van der Waals surface area contributed by atoms with Crippen LogP contribution < -0.4 is 0 Å². The number of hydrogen-bond acceptors (Lipinski definition) is 0. The minimum absolute atomic E-state index is 0. The van der Waals surface area contributed by atoms with Crippen molar-refractivity contribution in [3.63, 3.8) is 0 Å². The summed E-state index contributed by atoms with van der Waals surface area (Å²) < 4.78 is 0.620. The fraction of sp³-hybridized carbons (Fsp3) is 0.500. The number of rotatable bonds is 1. The molecule has 0 rings (SSSR count). The van der Waals surface area contributed by atoms with Crippen molar-refractivity contribution in [2.24, 2.45) is 0 Å². The van der Waals surface area contributed by atoms with Crippen molar-refractivity contribution in [3.05, 3.63) is 0 Å². The molecule has 0 aliphatic carbocycles. The van der Waals surface area contributed by atoms with E-state index >= 15 is 0 Å². The summed E-state index contributed by atoms with van der Waals surface area (Å²) >= 11 is 13.0. The van der Waals surface area contributed by atoms with Crippen molar-refractivity contribution in [2.75, 3.05) is 0 Å². The fourth-order valence-electron chi connectivity index (χ4n) is 0. The van der Waals surface area contributed by atoms with Crippen LogP contribution in [0, 0.1) is 12.8 Å². The molecule has 0 atom stereocenters. The maximum atomic E-state index is 4.00. The van der Waals surface area contributed by atoms with Gasteiger partial charge >= 0.3 is 0 Å². The standard InChI is InChI=1S/C2H2Br4.C2H2.4BrH/c3-1(4)2(5)6;1-2;;;;/h1-2H;1-2H;4*1H. The smallest absolute Gasteiger partial charge is 0.0920 e. The molecule has 8 heteroatoms. The van der Waals surface area contributed by atoms with E-state index in [9.17, 15) is 0 Å². The van der Waals surface area contributed by atoms with Crippen molar-refractivity contribution in [2.45, 2.75) is 7.47 Å². The van der Waals surface area contributed by atoms with E-state index in [1.165, 1.54) is 0 Å². The maximum Gasteiger partial charge on any atom is 0.0920 e. The molecule has 80 valence electrons. The second-order valence-electron chi connectivity index (χ2n) is 0.669. The highest BCUT2D eigenvalue weighted by Gasteiger charge is 2.04. The van der Waals surface area contributed by atoms with Crippen LogP contribution in [0.1, 0.15) is 0 Å². The Hall–Kier alpha value is 3.40. The topological polar surface area (TPSA) is 0 Å². The van der Waals surface area contributed by atoms with E-state index in [0.29, 0.717) is 7.47 Å². The van der Waals surface area contributed by atoms with E-state index < -0.39 is 0 Å². The van der Waals surface area contributed by atoms with Crippen LogP contribution in [-0.4, -0.2) is 7.47 Å². The molecule has 0 heterocycles. The van der Waals surface area contributed by atoms with Gasteiger partial charge in [0.2, 0.25) is 0 Å². The number of terminal acetylenes is 1. The van der Waals surface area contributed by atoms with Crippen molar-refractivity contribution >= 4 is 132 Å². The van der Waals surface area contributed by atoms with Gasteiger partial charge in [-0.3, -0.25) is 0 Å². The third kappa shape index (κ3) is 37.6. The Labute approximate surface area is 149 Å². The lowest BCUT2D eigenvalue weighted by Gasteiger charge is -1.96. The van der Waals surface area contributed by atoms with Gasteiger partial charge in [0.25, 0.3) is 0 Å². The SMILES string of the molecule is Br.Br.Br.Br.BrC(Br)C(Br)Br.C#C. The van der Waals surface area contributed by atoms with Gasteiger partial charge in [0.1, 0.15) is 0 Å².